The standard InChI is InChI=1S/C29H50O3/c1-19(2)12-9-13-20(3)14-10-15-21(4)16-11-17-22(5)18-26(30)27-25(8)28(31)23(6)24(7)29(27)32/h19-22,26,30H,9-18H2,1-8H3. The number of carbonyl (C=O) groups is 2. The molecule has 0 saturated heterocycles. The Morgan fingerprint density at radius 1 is 0.594 bits per heavy atom. The van der Waals surface area contributed by atoms with E-state index < -0.39 is 6.10 Å². The van der Waals surface area contributed by atoms with Gasteiger partial charge >= 0.3 is 0 Å². The van der Waals surface area contributed by atoms with E-state index in [0.29, 0.717) is 34.6 Å². The molecule has 0 radical (unpaired) electrons. The largest absolute Gasteiger partial charge is 0.388 e. The lowest BCUT2D eigenvalue weighted by Crippen LogP contribution is -2.29. The fraction of sp³-hybridized carbons (Fsp3) is 0.793. The zero-order valence-electron chi connectivity index (χ0n) is 22.2. The Morgan fingerprint density at radius 3 is 1.47 bits per heavy atom. The van der Waals surface area contributed by atoms with Gasteiger partial charge < -0.3 is 5.11 Å². The molecule has 0 bridgehead atoms. The van der Waals surface area contributed by atoms with E-state index in [9.17, 15) is 14.7 Å². The first-order valence-electron chi connectivity index (χ1n) is 13.1. The van der Waals surface area contributed by atoms with Gasteiger partial charge in [-0.05, 0) is 50.9 Å². The molecule has 0 aliphatic heterocycles. The van der Waals surface area contributed by atoms with E-state index in [-0.39, 0.29) is 11.6 Å². The van der Waals surface area contributed by atoms with Gasteiger partial charge in [0.2, 0.25) is 0 Å². The van der Waals surface area contributed by atoms with Crippen molar-refractivity contribution < 1.29 is 14.7 Å². The number of Topliss-reactive ketones (excluding diaryl/α,β-unsaturated/α-hetero) is 2. The third-order valence-electron chi connectivity index (χ3n) is 7.46. The summed E-state index contributed by atoms with van der Waals surface area (Å²) in [5.41, 5.74) is 1.73. The molecule has 0 heterocycles. The monoisotopic (exact) mass is 446 g/mol. The number of carbonyl (C=O) groups excluding carboxylic acids is 2. The van der Waals surface area contributed by atoms with Crippen LogP contribution >= 0.6 is 0 Å². The molecule has 4 unspecified atom stereocenters. The molecule has 1 aliphatic rings. The van der Waals surface area contributed by atoms with Gasteiger partial charge in [-0.15, -0.1) is 0 Å². The Labute approximate surface area is 198 Å². The molecule has 0 saturated carbocycles. The minimum atomic E-state index is -0.848. The van der Waals surface area contributed by atoms with E-state index in [0.717, 1.165) is 30.6 Å². The third-order valence-corrected chi connectivity index (χ3v) is 7.46. The molecule has 1 aliphatic carbocycles. The molecule has 0 amide bonds. The Morgan fingerprint density at radius 2 is 1.00 bits per heavy atom. The lowest BCUT2D eigenvalue weighted by molar-refractivity contribution is -0.117. The minimum absolute atomic E-state index is 0.105. The van der Waals surface area contributed by atoms with Crippen LogP contribution in [0.3, 0.4) is 0 Å². The van der Waals surface area contributed by atoms with Crippen LogP contribution in [0.25, 0.3) is 0 Å². The van der Waals surface area contributed by atoms with E-state index in [4.69, 9.17) is 0 Å². The van der Waals surface area contributed by atoms with Crippen molar-refractivity contribution in [1.82, 2.24) is 0 Å². The van der Waals surface area contributed by atoms with Crippen molar-refractivity contribution in [2.24, 2.45) is 23.7 Å². The normalized spacial score (nSPS) is 19.1. The van der Waals surface area contributed by atoms with Crippen LogP contribution in [0.4, 0.5) is 0 Å². The molecular formula is C29H50O3. The Balaban J connectivity index is 2.31. The number of hydrogen-bond acceptors (Lipinski definition) is 3. The van der Waals surface area contributed by atoms with Crippen molar-refractivity contribution in [2.75, 3.05) is 0 Å². The van der Waals surface area contributed by atoms with Crippen LogP contribution in [-0.2, 0) is 9.59 Å². The summed E-state index contributed by atoms with van der Waals surface area (Å²) in [6.45, 7) is 16.6. The first kappa shape index (κ1) is 28.8. The van der Waals surface area contributed by atoms with Crippen LogP contribution in [0.5, 0.6) is 0 Å². The van der Waals surface area contributed by atoms with Crippen molar-refractivity contribution in [3.8, 4) is 0 Å². The quantitative estimate of drug-likeness (QED) is 0.263. The highest BCUT2D eigenvalue weighted by atomic mass is 16.3. The summed E-state index contributed by atoms with van der Waals surface area (Å²) in [7, 11) is 0. The highest BCUT2D eigenvalue weighted by Gasteiger charge is 2.32. The molecule has 184 valence electrons. The molecule has 1 N–H and O–H groups in total. The average Bonchev–Trinajstić information content (AvgIpc) is 2.70. The van der Waals surface area contributed by atoms with Crippen LogP contribution in [-0.4, -0.2) is 22.8 Å². The molecule has 0 aromatic heterocycles. The summed E-state index contributed by atoms with van der Waals surface area (Å²) >= 11 is 0. The maximum atomic E-state index is 12.6. The van der Waals surface area contributed by atoms with Gasteiger partial charge in [0.25, 0.3) is 0 Å². The number of allylic oxidation sites excluding steroid dienone is 3. The molecule has 0 fully saturated rings. The summed E-state index contributed by atoms with van der Waals surface area (Å²) in [6, 6.07) is 0. The van der Waals surface area contributed by atoms with Gasteiger partial charge in [0, 0.05) is 22.3 Å². The Bertz CT molecular complexity index is 683. The van der Waals surface area contributed by atoms with E-state index in [2.05, 4.69) is 34.6 Å². The molecule has 32 heavy (non-hydrogen) atoms. The zero-order valence-corrected chi connectivity index (χ0v) is 22.2. The molecular weight excluding hydrogens is 396 g/mol. The van der Waals surface area contributed by atoms with Crippen LogP contribution in [0, 0.1) is 23.7 Å². The van der Waals surface area contributed by atoms with Gasteiger partial charge in [0.05, 0.1) is 6.10 Å². The summed E-state index contributed by atoms with van der Waals surface area (Å²) in [6.07, 6.45) is 11.2. The van der Waals surface area contributed by atoms with E-state index in [1.54, 1.807) is 20.8 Å². The second-order valence-corrected chi connectivity index (χ2v) is 11.2. The molecule has 0 aromatic carbocycles. The molecule has 3 heteroatoms. The van der Waals surface area contributed by atoms with Crippen LogP contribution in [0.2, 0.25) is 0 Å². The molecule has 0 aromatic rings. The van der Waals surface area contributed by atoms with Crippen molar-refractivity contribution >= 4 is 11.6 Å². The van der Waals surface area contributed by atoms with E-state index in [1.807, 2.05) is 0 Å². The van der Waals surface area contributed by atoms with E-state index >= 15 is 0 Å². The maximum absolute atomic E-state index is 12.6. The molecule has 4 atom stereocenters. The van der Waals surface area contributed by atoms with E-state index in [1.165, 1.54) is 44.9 Å². The highest BCUT2D eigenvalue weighted by Crippen LogP contribution is 2.30. The summed E-state index contributed by atoms with van der Waals surface area (Å²) < 4.78 is 0. The smallest absolute Gasteiger partial charge is 0.188 e. The van der Waals surface area contributed by atoms with Gasteiger partial charge in [-0.25, -0.2) is 0 Å². The minimum Gasteiger partial charge on any atom is -0.388 e. The number of aliphatic hydroxyl groups is 1. The summed E-state index contributed by atoms with van der Waals surface area (Å²) in [5, 5.41) is 10.7. The second kappa shape index (κ2) is 14.1. The summed E-state index contributed by atoms with van der Waals surface area (Å²) in [4.78, 5) is 25.0. The van der Waals surface area contributed by atoms with Crippen molar-refractivity contribution in [3.05, 3.63) is 22.3 Å². The second-order valence-electron chi connectivity index (χ2n) is 11.2. The summed E-state index contributed by atoms with van der Waals surface area (Å²) in [5.74, 6) is 2.47. The maximum Gasteiger partial charge on any atom is 0.188 e. The molecule has 0 spiro atoms. The topological polar surface area (TPSA) is 54.4 Å². The van der Waals surface area contributed by atoms with Gasteiger partial charge in [-0.1, -0.05) is 92.4 Å². The lowest BCUT2D eigenvalue weighted by Gasteiger charge is -2.24. The van der Waals surface area contributed by atoms with Gasteiger partial charge in [-0.2, -0.15) is 0 Å². The number of aliphatic hydroxyl groups excluding tert-OH is 1. The van der Waals surface area contributed by atoms with Gasteiger partial charge in [0.15, 0.2) is 11.6 Å². The average molecular weight is 447 g/mol. The number of rotatable bonds is 15. The third kappa shape index (κ3) is 9.33. The molecule has 3 nitrogen and oxygen atoms in total. The van der Waals surface area contributed by atoms with Gasteiger partial charge in [0.1, 0.15) is 0 Å². The van der Waals surface area contributed by atoms with Crippen LogP contribution < -0.4 is 0 Å². The SMILES string of the molecule is CC1=C(C)C(=O)C(C(O)CC(C)CCCC(C)CCCC(C)CCCC(C)C)=C(C)C1=O. The molecule has 1 rings (SSSR count). The van der Waals surface area contributed by atoms with Crippen LogP contribution in [0.1, 0.15) is 120 Å². The predicted molar refractivity (Wildman–Crippen MR) is 136 cm³/mol. The number of hydrogen-bond donors (Lipinski definition) is 1. The first-order chi connectivity index (χ1) is 15.0. The van der Waals surface area contributed by atoms with Crippen molar-refractivity contribution in [1.29, 1.82) is 0 Å². The Kier molecular flexibility index (Phi) is 12.7. The first-order valence-corrected chi connectivity index (χ1v) is 13.1. The lowest BCUT2D eigenvalue weighted by atomic mass is 9.81. The van der Waals surface area contributed by atoms with Crippen LogP contribution in [0.15, 0.2) is 22.3 Å². The van der Waals surface area contributed by atoms with Crippen molar-refractivity contribution in [3.63, 3.8) is 0 Å². The van der Waals surface area contributed by atoms with Gasteiger partial charge in [-0.3, -0.25) is 9.59 Å². The zero-order chi connectivity index (χ0) is 24.4. The predicted octanol–water partition coefficient (Wildman–Crippen LogP) is 7.62. The highest BCUT2D eigenvalue weighted by molar-refractivity contribution is 6.24. The fourth-order valence-corrected chi connectivity index (χ4v) is 4.93. The fourth-order valence-electron chi connectivity index (χ4n) is 4.93. The number of ketones is 2. The Hall–Kier alpha value is -1.22. The van der Waals surface area contributed by atoms with Crippen molar-refractivity contribution in [2.45, 2.75) is 126 Å².